The molecule has 0 aliphatic carbocycles. The molecule has 1 aromatic rings. The number of ether oxygens (including phenoxy) is 1. The average molecular weight is 347 g/mol. The van der Waals surface area contributed by atoms with Gasteiger partial charge in [0, 0.05) is 22.5 Å². The molecule has 0 aliphatic heterocycles. The number of aromatic nitrogens is 1. The Morgan fingerprint density at radius 1 is 1.58 bits per heavy atom. The van der Waals surface area contributed by atoms with Crippen LogP contribution in [0.3, 0.4) is 0 Å². The van der Waals surface area contributed by atoms with E-state index in [1.807, 2.05) is 32.9 Å². The van der Waals surface area contributed by atoms with Gasteiger partial charge < -0.3 is 4.74 Å². The maximum atomic E-state index is 11.9. The normalized spacial score (nSPS) is 14.2. The van der Waals surface area contributed by atoms with Gasteiger partial charge in [-0.3, -0.25) is 10.1 Å². The predicted molar refractivity (Wildman–Crippen MR) is 81.4 cm³/mol. The molecule has 1 heterocycles. The molecule has 1 unspecified atom stereocenters. The molecule has 1 N–H and O–H groups in total. The second kappa shape index (κ2) is 7.26. The van der Waals surface area contributed by atoms with Crippen LogP contribution in [0.5, 0.6) is 0 Å². The SMILES string of the molecule is COC(=O)C(C)(CSc1ccc(Br)cn1)NC(C)C. The van der Waals surface area contributed by atoms with Gasteiger partial charge in [0.05, 0.1) is 12.1 Å². The maximum Gasteiger partial charge on any atom is 0.326 e. The van der Waals surface area contributed by atoms with Crippen molar-refractivity contribution < 1.29 is 9.53 Å². The number of pyridine rings is 1. The molecule has 0 aromatic carbocycles. The molecule has 19 heavy (non-hydrogen) atoms. The summed E-state index contributed by atoms with van der Waals surface area (Å²) in [5.41, 5.74) is -0.720. The lowest BCUT2D eigenvalue weighted by Gasteiger charge is -2.29. The minimum Gasteiger partial charge on any atom is -0.468 e. The minimum atomic E-state index is -0.720. The molecule has 4 nitrogen and oxygen atoms in total. The Labute approximate surface area is 126 Å². The molecule has 0 spiro atoms. The van der Waals surface area contributed by atoms with Crippen LogP contribution >= 0.6 is 27.7 Å². The lowest BCUT2D eigenvalue weighted by molar-refractivity contribution is -0.147. The monoisotopic (exact) mass is 346 g/mol. The average Bonchev–Trinajstić information content (AvgIpc) is 2.36. The van der Waals surface area contributed by atoms with Crippen molar-refractivity contribution in [3.8, 4) is 0 Å². The fourth-order valence-electron chi connectivity index (χ4n) is 1.69. The number of methoxy groups -OCH3 is 1. The van der Waals surface area contributed by atoms with E-state index >= 15 is 0 Å². The summed E-state index contributed by atoms with van der Waals surface area (Å²) in [6, 6.07) is 4.05. The van der Waals surface area contributed by atoms with E-state index in [4.69, 9.17) is 4.74 Å². The standard InChI is InChI=1S/C13H19BrN2O2S/c1-9(2)16-13(3,12(17)18-4)8-19-11-6-5-10(14)7-15-11/h5-7,9,16H,8H2,1-4H3. The van der Waals surface area contributed by atoms with E-state index in [-0.39, 0.29) is 12.0 Å². The van der Waals surface area contributed by atoms with E-state index in [1.165, 1.54) is 18.9 Å². The first kappa shape index (κ1) is 16.5. The number of hydrogen-bond donors (Lipinski definition) is 1. The van der Waals surface area contributed by atoms with Crippen molar-refractivity contribution in [2.75, 3.05) is 12.9 Å². The summed E-state index contributed by atoms with van der Waals surface area (Å²) in [5.74, 6) is 0.303. The second-order valence-corrected chi connectivity index (χ2v) is 6.64. The van der Waals surface area contributed by atoms with Crippen molar-refractivity contribution >= 4 is 33.7 Å². The summed E-state index contributed by atoms with van der Waals surface area (Å²) in [4.78, 5) is 16.2. The first-order valence-electron chi connectivity index (χ1n) is 5.98. The number of halogens is 1. The number of esters is 1. The smallest absolute Gasteiger partial charge is 0.326 e. The van der Waals surface area contributed by atoms with Crippen molar-refractivity contribution in [2.45, 2.75) is 37.4 Å². The van der Waals surface area contributed by atoms with Crippen LogP contribution in [0.15, 0.2) is 27.8 Å². The van der Waals surface area contributed by atoms with E-state index in [0.29, 0.717) is 5.75 Å². The topological polar surface area (TPSA) is 51.2 Å². The highest BCUT2D eigenvalue weighted by molar-refractivity contribution is 9.10. The zero-order valence-electron chi connectivity index (χ0n) is 11.6. The van der Waals surface area contributed by atoms with Crippen molar-refractivity contribution in [3.05, 3.63) is 22.8 Å². The molecule has 6 heteroatoms. The zero-order valence-corrected chi connectivity index (χ0v) is 14.0. The van der Waals surface area contributed by atoms with Gasteiger partial charge in [0.15, 0.2) is 0 Å². The molecule has 0 saturated carbocycles. The number of nitrogens with one attached hydrogen (secondary N) is 1. The maximum absolute atomic E-state index is 11.9. The number of carbonyl (C=O) groups excluding carboxylic acids is 1. The molecule has 0 bridgehead atoms. The lowest BCUT2D eigenvalue weighted by Crippen LogP contribution is -2.54. The van der Waals surface area contributed by atoms with Crippen molar-refractivity contribution in [1.82, 2.24) is 10.3 Å². The highest BCUT2D eigenvalue weighted by Crippen LogP contribution is 2.23. The molecule has 0 saturated heterocycles. The third-order valence-corrected chi connectivity index (χ3v) is 4.18. The van der Waals surface area contributed by atoms with Gasteiger partial charge in [-0.05, 0) is 48.8 Å². The van der Waals surface area contributed by atoms with Crippen molar-refractivity contribution in [1.29, 1.82) is 0 Å². The summed E-state index contributed by atoms with van der Waals surface area (Å²) >= 11 is 4.87. The summed E-state index contributed by atoms with van der Waals surface area (Å²) in [5, 5.41) is 4.13. The van der Waals surface area contributed by atoms with E-state index in [2.05, 4.69) is 26.2 Å². The number of hydrogen-bond acceptors (Lipinski definition) is 5. The van der Waals surface area contributed by atoms with Gasteiger partial charge in [-0.1, -0.05) is 0 Å². The zero-order chi connectivity index (χ0) is 14.5. The third kappa shape index (κ3) is 5.12. The Hall–Kier alpha value is -0.590. The van der Waals surface area contributed by atoms with Gasteiger partial charge in [-0.15, -0.1) is 11.8 Å². The molecular formula is C13H19BrN2O2S. The summed E-state index contributed by atoms with van der Waals surface area (Å²) in [7, 11) is 1.41. The second-order valence-electron chi connectivity index (χ2n) is 4.73. The van der Waals surface area contributed by atoms with Gasteiger partial charge in [0.25, 0.3) is 0 Å². The molecule has 0 amide bonds. The van der Waals surface area contributed by atoms with Gasteiger partial charge in [-0.2, -0.15) is 0 Å². The van der Waals surface area contributed by atoms with Gasteiger partial charge in [0.2, 0.25) is 0 Å². The molecule has 0 aliphatic rings. The highest BCUT2D eigenvalue weighted by Gasteiger charge is 2.34. The minimum absolute atomic E-state index is 0.197. The first-order valence-corrected chi connectivity index (χ1v) is 7.75. The van der Waals surface area contributed by atoms with Crippen LogP contribution in [0.25, 0.3) is 0 Å². The number of rotatable bonds is 6. The Morgan fingerprint density at radius 3 is 2.74 bits per heavy atom. The van der Waals surface area contributed by atoms with E-state index in [0.717, 1.165) is 9.50 Å². The molecule has 0 radical (unpaired) electrons. The first-order chi connectivity index (χ1) is 8.87. The third-order valence-electron chi connectivity index (χ3n) is 2.45. The van der Waals surface area contributed by atoms with Crippen LogP contribution in [-0.4, -0.2) is 35.4 Å². The summed E-state index contributed by atoms with van der Waals surface area (Å²) in [6.07, 6.45) is 1.74. The highest BCUT2D eigenvalue weighted by atomic mass is 79.9. The Balaban J connectivity index is 2.72. The molecule has 1 rings (SSSR count). The van der Waals surface area contributed by atoms with Gasteiger partial charge in [-0.25, -0.2) is 4.98 Å². The molecule has 1 atom stereocenters. The molecule has 106 valence electrons. The van der Waals surface area contributed by atoms with Crippen molar-refractivity contribution in [2.24, 2.45) is 0 Å². The summed E-state index contributed by atoms with van der Waals surface area (Å²) < 4.78 is 5.82. The Bertz CT molecular complexity index is 425. The van der Waals surface area contributed by atoms with E-state index < -0.39 is 5.54 Å². The van der Waals surface area contributed by atoms with Crippen LogP contribution < -0.4 is 5.32 Å². The lowest BCUT2D eigenvalue weighted by atomic mass is 10.0. The summed E-state index contributed by atoms with van der Waals surface area (Å²) in [6.45, 7) is 5.86. The number of carbonyl (C=O) groups is 1. The van der Waals surface area contributed by atoms with Crippen LogP contribution in [0.1, 0.15) is 20.8 Å². The van der Waals surface area contributed by atoms with E-state index in [1.54, 1.807) is 6.20 Å². The van der Waals surface area contributed by atoms with Crippen molar-refractivity contribution in [3.63, 3.8) is 0 Å². The van der Waals surface area contributed by atoms with Crippen LogP contribution in [0.4, 0.5) is 0 Å². The largest absolute Gasteiger partial charge is 0.468 e. The van der Waals surface area contributed by atoms with Gasteiger partial charge >= 0.3 is 5.97 Å². The number of thioether (sulfide) groups is 1. The fraction of sp³-hybridized carbons (Fsp3) is 0.538. The van der Waals surface area contributed by atoms with Crippen LogP contribution in [0, 0.1) is 0 Å². The number of nitrogens with zero attached hydrogens (tertiary/aromatic N) is 1. The molecule has 0 fully saturated rings. The van der Waals surface area contributed by atoms with E-state index in [9.17, 15) is 4.79 Å². The molecule has 1 aromatic heterocycles. The predicted octanol–water partition coefficient (Wildman–Crippen LogP) is 2.87. The quantitative estimate of drug-likeness (QED) is 0.634. The Kier molecular flexibility index (Phi) is 6.29. The molecular weight excluding hydrogens is 328 g/mol. The Morgan fingerprint density at radius 2 is 2.26 bits per heavy atom. The van der Waals surface area contributed by atoms with Gasteiger partial charge in [0.1, 0.15) is 5.54 Å². The van der Waals surface area contributed by atoms with Crippen LogP contribution in [0.2, 0.25) is 0 Å². The van der Waals surface area contributed by atoms with Crippen LogP contribution in [-0.2, 0) is 9.53 Å². The fourth-order valence-corrected chi connectivity index (χ4v) is 2.85.